The van der Waals surface area contributed by atoms with Crippen LogP contribution in [0.4, 0.5) is 5.69 Å². The summed E-state index contributed by atoms with van der Waals surface area (Å²) in [5, 5.41) is 12.4. The van der Waals surface area contributed by atoms with E-state index in [1.165, 1.54) is 6.07 Å². The number of nitrogens with zero attached hydrogens (tertiary/aromatic N) is 2. The van der Waals surface area contributed by atoms with Crippen molar-refractivity contribution in [1.29, 1.82) is 0 Å². The molecule has 2 N–H and O–H groups in total. The summed E-state index contributed by atoms with van der Waals surface area (Å²) >= 11 is 6.02. The van der Waals surface area contributed by atoms with E-state index in [1.807, 2.05) is 6.92 Å². The first-order chi connectivity index (χ1) is 11.5. The molecule has 0 spiro atoms. The van der Waals surface area contributed by atoms with Crippen molar-refractivity contribution in [2.45, 2.75) is 13.3 Å². The van der Waals surface area contributed by atoms with Crippen LogP contribution in [0.25, 0.3) is 5.65 Å². The van der Waals surface area contributed by atoms with Crippen molar-refractivity contribution in [1.82, 2.24) is 9.38 Å². The van der Waals surface area contributed by atoms with Crippen molar-refractivity contribution in [3.8, 4) is 0 Å². The molecular weight excluding hydrogens is 330 g/mol. The Balaban J connectivity index is 2.06. The lowest BCUT2D eigenvalue weighted by molar-refractivity contribution is 0.0698. The molecule has 7 heteroatoms. The predicted octanol–water partition coefficient (Wildman–Crippen LogP) is 3.50. The molecule has 0 bridgehead atoms. The van der Waals surface area contributed by atoms with Gasteiger partial charge in [-0.3, -0.25) is 9.20 Å². The van der Waals surface area contributed by atoms with Crippen molar-refractivity contribution in [2.24, 2.45) is 0 Å². The predicted molar refractivity (Wildman–Crippen MR) is 90.9 cm³/mol. The molecule has 3 rings (SSSR count). The van der Waals surface area contributed by atoms with Gasteiger partial charge in [-0.05, 0) is 30.7 Å². The minimum absolute atomic E-state index is 0.0238. The summed E-state index contributed by atoms with van der Waals surface area (Å²) in [5.74, 6) is -1.54. The number of aromatic nitrogens is 2. The van der Waals surface area contributed by atoms with Gasteiger partial charge in [0.1, 0.15) is 11.3 Å². The number of carboxylic acid groups (broad SMARTS) is 1. The number of pyridine rings is 1. The average Bonchev–Trinajstić information content (AvgIpc) is 2.92. The molecule has 0 aliphatic heterocycles. The van der Waals surface area contributed by atoms with Crippen molar-refractivity contribution < 1.29 is 14.7 Å². The standard InChI is InChI=1S/C17H14ClN3O3/c1-2-12-15(21-9-10(18)7-8-14(21)19-12)16(22)20-13-6-4-3-5-11(13)17(23)24/h3-9H,2H2,1H3,(H,20,22)(H,23,24). The number of carboxylic acids is 1. The molecular formula is C17H14ClN3O3. The number of hydrogen-bond donors (Lipinski definition) is 2. The number of benzene rings is 1. The molecule has 1 amide bonds. The zero-order valence-electron chi connectivity index (χ0n) is 12.8. The zero-order valence-corrected chi connectivity index (χ0v) is 13.5. The molecule has 24 heavy (non-hydrogen) atoms. The van der Waals surface area contributed by atoms with Crippen LogP contribution in [-0.4, -0.2) is 26.4 Å². The summed E-state index contributed by atoms with van der Waals surface area (Å²) in [6, 6.07) is 9.67. The Bertz CT molecular complexity index is 949. The highest BCUT2D eigenvalue weighted by Crippen LogP contribution is 2.20. The Morgan fingerprint density at radius 2 is 2.00 bits per heavy atom. The van der Waals surface area contributed by atoms with E-state index in [9.17, 15) is 14.7 Å². The molecule has 0 aliphatic rings. The van der Waals surface area contributed by atoms with E-state index in [0.29, 0.717) is 28.5 Å². The fraction of sp³-hybridized carbons (Fsp3) is 0.118. The van der Waals surface area contributed by atoms with Gasteiger partial charge in [0.25, 0.3) is 5.91 Å². The molecule has 0 radical (unpaired) electrons. The van der Waals surface area contributed by atoms with Gasteiger partial charge >= 0.3 is 5.97 Å². The molecule has 2 aromatic heterocycles. The van der Waals surface area contributed by atoms with Crippen LogP contribution < -0.4 is 5.32 Å². The van der Waals surface area contributed by atoms with Crippen LogP contribution in [-0.2, 0) is 6.42 Å². The Morgan fingerprint density at radius 3 is 2.71 bits per heavy atom. The Hall–Kier alpha value is -2.86. The molecule has 0 unspecified atom stereocenters. The van der Waals surface area contributed by atoms with E-state index in [4.69, 9.17) is 11.6 Å². The third-order valence-corrected chi connectivity index (χ3v) is 3.83. The largest absolute Gasteiger partial charge is 0.478 e. The van der Waals surface area contributed by atoms with Gasteiger partial charge in [0, 0.05) is 6.20 Å². The van der Waals surface area contributed by atoms with E-state index in [1.54, 1.807) is 40.9 Å². The van der Waals surface area contributed by atoms with Crippen LogP contribution in [0.3, 0.4) is 0 Å². The zero-order chi connectivity index (χ0) is 17.3. The quantitative estimate of drug-likeness (QED) is 0.759. The highest BCUT2D eigenvalue weighted by molar-refractivity contribution is 6.30. The second-order valence-corrected chi connectivity index (χ2v) is 5.58. The number of aromatic carboxylic acids is 1. The fourth-order valence-electron chi connectivity index (χ4n) is 2.51. The summed E-state index contributed by atoms with van der Waals surface area (Å²) in [7, 11) is 0. The SMILES string of the molecule is CCc1nc2ccc(Cl)cn2c1C(=O)Nc1ccccc1C(=O)O. The number of hydrogen-bond acceptors (Lipinski definition) is 3. The van der Waals surface area contributed by atoms with Crippen molar-refractivity contribution >= 4 is 34.8 Å². The van der Waals surface area contributed by atoms with Crippen LogP contribution in [0.2, 0.25) is 5.02 Å². The highest BCUT2D eigenvalue weighted by Gasteiger charge is 2.20. The minimum atomic E-state index is -1.11. The maximum Gasteiger partial charge on any atom is 0.337 e. The molecule has 0 saturated carbocycles. The number of amides is 1. The number of fused-ring (bicyclic) bond motifs is 1. The molecule has 1 aromatic carbocycles. The van der Waals surface area contributed by atoms with Gasteiger partial charge in [0.15, 0.2) is 0 Å². The molecule has 122 valence electrons. The second-order valence-electron chi connectivity index (χ2n) is 5.14. The summed E-state index contributed by atoms with van der Waals surface area (Å²) in [5.41, 5.74) is 1.82. The number of carbonyl (C=O) groups is 2. The third kappa shape index (κ3) is 2.83. The maximum atomic E-state index is 12.7. The number of halogens is 1. The van der Waals surface area contributed by atoms with Gasteiger partial charge in [-0.15, -0.1) is 0 Å². The number of anilines is 1. The highest BCUT2D eigenvalue weighted by atomic mass is 35.5. The van der Waals surface area contributed by atoms with Gasteiger partial charge in [-0.25, -0.2) is 9.78 Å². The number of para-hydroxylation sites is 1. The first-order valence-electron chi connectivity index (χ1n) is 7.31. The number of aryl methyl sites for hydroxylation is 1. The minimum Gasteiger partial charge on any atom is -0.478 e. The van der Waals surface area contributed by atoms with Crippen LogP contribution in [0, 0.1) is 0 Å². The molecule has 6 nitrogen and oxygen atoms in total. The van der Waals surface area contributed by atoms with Gasteiger partial charge in [-0.2, -0.15) is 0 Å². The summed E-state index contributed by atoms with van der Waals surface area (Å²) < 4.78 is 1.61. The van der Waals surface area contributed by atoms with Gasteiger partial charge in [0.2, 0.25) is 0 Å². The van der Waals surface area contributed by atoms with Crippen LogP contribution in [0.5, 0.6) is 0 Å². The normalized spacial score (nSPS) is 10.8. The topological polar surface area (TPSA) is 83.7 Å². The Labute approximate surface area is 142 Å². The van der Waals surface area contributed by atoms with Crippen molar-refractivity contribution in [3.05, 3.63) is 64.6 Å². The number of imidazole rings is 1. The lowest BCUT2D eigenvalue weighted by Crippen LogP contribution is -2.18. The summed E-state index contributed by atoms with van der Waals surface area (Å²) in [4.78, 5) is 28.5. The Morgan fingerprint density at radius 1 is 1.25 bits per heavy atom. The third-order valence-electron chi connectivity index (χ3n) is 3.61. The monoisotopic (exact) mass is 343 g/mol. The van der Waals surface area contributed by atoms with Crippen LogP contribution in [0.1, 0.15) is 33.5 Å². The molecule has 0 saturated heterocycles. The molecule has 0 aliphatic carbocycles. The lowest BCUT2D eigenvalue weighted by atomic mass is 10.1. The molecule has 0 fully saturated rings. The van der Waals surface area contributed by atoms with Gasteiger partial charge in [-0.1, -0.05) is 30.7 Å². The van der Waals surface area contributed by atoms with E-state index < -0.39 is 11.9 Å². The molecule has 2 heterocycles. The van der Waals surface area contributed by atoms with Gasteiger partial charge < -0.3 is 10.4 Å². The average molecular weight is 344 g/mol. The number of rotatable bonds is 4. The van der Waals surface area contributed by atoms with E-state index in [0.717, 1.165) is 0 Å². The van der Waals surface area contributed by atoms with Crippen molar-refractivity contribution in [2.75, 3.05) is 5.32 Å². The first kappa shape index (κ1) is 16.0. The summed E-state index contributed by atoms with van der Waals surface area (Å²) in [6.45, 7) is 1.89. The molecule has 0 atom stereocenters. The lowest BCUT2D eigenvalue weighted by Gasteiger charge is -2.09. The van der Waals surface area contributed by atoms with Crippen LogP contribution >= 0.6 is 11.6 Å². The smallest absolute Gasteiger partial charge is 0.337 e. The van der Waals surface area contributed by atoms with E-state index >= 15 is 0 Å². The number of carbonyl (C=O) groups excluding carboxylic acids is 1. The second kappa shape index (κ2) is 6.33. The molecule has 3 aromatic rings. The van der Waals surface area contributed by atoms with Gasteiger partial charge in [0.05, 0.1) is 22.0 Å². The maximum absolute atomic E-state index is 12.7. The van der Waals surface area contributed by atoms with Crippen LogP contribution in [0.15, 0.2) is 42.6 Å². The fourth-order valence-corrected chi connectivity index (χ4v) is 2.68. The Kier molecular flexibility index (Phi) is 4.22. The first-order valence-corrected chi connectivity index (χ1v) is 7.69. The van der Waals surface area contributed by atoms with E-state index in [-0.39, 0.29) is 11.3 Å². The number of nitrogens with one attached hydrogen (secondary N) is 1. The van der Waals surface area contributed by atoms with Crippen molar-refractivity contribution in [3.63, 3.8) is 0 Å². The van der Waals surface area contributed by atoms with E-state index in [2.05, 4.69) is 10.3 Å². The summed E-state index contributed by atoms with van der Waals surface area (Å²) in [6.07, 6.45) is 2.17.